The van der Waals surface area contributed by atoms with Crippen LogP contribution in [-0.4, -0.2) is 127 Å². The number of hydrogen-bond acceptors (Lipinski definition) is 4. The Balaban J connectivity index is -0.000000240. The van der Waals surface area contributed by atoms with Crippen LogP contribution in [0, 0.1) is 0 Å². The minimum absolute atomic E-state index is 0. The average molecular weight is 357 g/mol. The second-order valence-corrected chi connectivity index (χ2v) is 2.48. The Morgan fingerprint density at radius 3 is 1.25 bits per heavy atom. The molecule has 0 saturated heterocycles. The summed E-state index contributed by atoms with van der Waals surface area (Å²) in [7, 11) is 0. The molecule has 0 aromatic heterocycles. The zero-order chi connectivity index (χ0) is 10.6. The molecule has 0 aliphatic rings. The van der Waals surface area contributed by atoms with Crippen LogP contribution in [0.5, 0.6) is 0 Å². The van der Waals surface area contributed by atoms with Crippen molar-refractivity contribution in [2.75, 3.05) is 0 Å². The Labute approximate surface area is 152 Å². The fraction of sp³-hybridized carbons (Fsp3) is 0.500. The van der Waals surface area contributed by atoms with Gasteiger partial charge in [0.05, 0.1) is 12.8 Å². The van der Waals surface area contributed by atoms with Crippen LogP contribution in [0.2, 0.25) is 0 Å². The summed E-state index contributed by atoms with van der Waals surface area (Å²) in [6.45, 7) is 0. The van der Waals surface area contributed by atoms with Gasteiger partial charge in [-0.05, 0) is 0 Å². The summed E-state index contributed by atoms with van der Waals surface area (Å²) in [6, 6.07) is 0. The van der Waals surface area contributed by atoms with Gasteiger partial charge < -0.3 is 20.4 Å². The number of carbonyl (C=O) groups is 3. The molecule has 6 radical (unpaired) electrons. The number of hydrogen-bond donors (Lipinski definition) is 4. The monoisotopic (exact) mass is 358 g/mol. The van der Waals surface area contributed by atoms with Gasteiger partial charge in [-0.2, -0.15) is 0 Å². The number of rotatable bonds is 5. The maximum Gasteiger partial charge on any atom is 0.336 e. The number of carboxylic acids is 3. The van der Waals surface area contributed by atoms with Crippen LogP contribution in [-0.2, 0) is 14.4 Å². The molecule has 0 saturated carbocycles. The van der Waals surface area contributed by atoms with Gasteiger partial charge in [0, 0.05) is 83.0 Å². The largest absolute Gasteiger partial charge is 0.481 e. The van der Waals surface area contributed by atoms with Gasteiger partial charge in [-0.3, -0.25) is 9.59 Å². The van der Waals surface area contributed by atoms with Gasteiger partial charge in [0.15, 0.2) is 5.60 Å². The van der Waals surface area contributed by atoms with E-state index in [-0.39, 0.29) is 83.0 Å². The van der Waals surface area contributed by atoms with E-state index >= 15 is 0 Å². The summed E-state index contributed by atoms with van der Waals surface area (Å²) < 4.78 is 0. The van der Waals surface area contributed by atoms with Crippen LogP contribution < -0.4 is 0 Å². The van der Waals surface area contributed by atoms with Gasteiger partial charge in [0.2, 0.25) is 0 Å². The average Bonchev–Trinajstić information content (AvgIpc) is 1.82. The van der Waals surface area contributed by atoms with E-state index in [4.69, 9.17) is 20.4 Å². The van der Waals surface area contributed by atoms with Crippen molar-refractivity contribution in [1.82, 2.24) is 0 Å². The summed E-state index contributed by atoms with van der Waals surface area (Å²) in [5.41, 5.74) is -2.74. The van der Waals surface area contributed by atoms with Crippen LogP contribution in [0.3, 0.4) is 0 Å². The quantitative estimate of drug-likeness (QED) is 0.404. The molecular weight excluding hydrogens is 349 g/mol. The first kappa shape index (κ1) is 25.9. The van der Waals surface area contributed by atoms with Crippen LogP contribution in [0.1, 0.15) is 12.8 Å². The Morgan fingerprint density at radius 2 is 1.12 bits per heavy atom. The van der Waals surface area contributed by atoms with E-state index in [9.17, 15) is 14.4 Å². The summed E-state index contributed by atoms with van der Waals surface area (Å²) in [5.74, 6) is -5.02. The summed E-state index contributed by atoms with van der Waals surface area (Å²) in [5, 5.41) is 33.8. The molecule has 10 heteroatoms. The normalized spacial score (nSPS) is 8.81. The van der Waals surface area contributed by atoms with Crippen LogP contribution in [0.15, 0.2) is 0 Å². The summed E-state index contributed by atoms with van der Waals surface area (Å²) in [6.07, 6.45) is -2.29. The van der Waals surface area contributed by atoms with Crippen molar-refractivity contribution in [3.05, 3.63) is 0 Å². The third kappa shape index (κ3) is 10.3. The van der Waals surface area contributed by atoms with E-state index in [0.717, 1.165) is 0 Å². The Hall–Kier alpha value is 1.17. The Kier molecular flexibility index (Phi) is 18.2. The molecule has 0 rings (SSSR count). The zero-order valence-electron chi connectivity index (χ0n) is 8.93. The Morgan fingerprint density at radius 1 is 0.875 bits per heavy atom. The SMILES string of the molecule is O=C(O)CC(O)(CC(=O)O)C(=O)O.[Na].[Na].[Sn]. The van der Waals surface area contributed by atoms with Gasteiger partial charge in [-0.25, -0.2) is 4.79 Å². The van der Waals surface area contributed by atoms with Crippen molar-refractivity contribution in [2.45, 2.75) is 18.4 Å². The predicted molar refractivity (Wildman–Crippen MR) is 54.4 cm³/mol. The van der Waals surface area contributed by atoms with Crippen LogP contribution >= 0.6 is 0 Å². The minimum Gasteiger partial charge on any atom is -0.481 e. The molecule has 0 heterocycles. The second-order valence-electron chi connectivity index (χ2n) is 2.48. The van der Waals surface area contributed by atoms with Gasteiger partial charge >= 0.3 is 17.9 Å². The first-order valence-electron chi connectivity index (χ1n) is 3.17. The van der Waals surface area contributed by atoms with E-state index in [2.05, 4.69) is 0 Å². The number of aliphatic hydroxyl groups is 1. The molecule has 0 unspecified atom stereocenters. The van der Waals surface area contributed by atoms with Crippen LogP contribution in [0.4, 0.5) is 0 Å². The topological polar surface area (TPSA) is 132 Å². The van der Waals surface area contributed by atoms with Crippen molar-refractivity contribution in [3.63, 3.8) is 0 Å². The molecule has 0 bridgehead atoms. The predicted octanol–water partition coefficient (Wildman–Crippen LogP) is -2.39. The molecule has 0 atom stereocenters. The van der Waals surface area contributed by atoms with Crippen molar-refractivity contribution < 1.29 is 34.8 Å². The van der Waals surface area contributed by atoms with E-state index in [1.807, 2.05) is 0 Å². The molecule has 0 spiro atoms. The fourth-order valence-electron chi connectivity index (χ4n) is 0.714. The zero-order valence-corrected chi connectivity index (χ0v) is 15.8. The minimum atomic E-state index is -2.74. The van der Waals surface area contributed by atoms with E-state index in [0.29, 0.717) is 0 Å². The molecule has 0 aromatic rings. The molecular formula is C6H8Na2O7Sn. The van der Waals surface area contributed by atoms with Crippen LogP contribution in [0.25, 0.3) is 0 Å². The Bertz CT molecular complexity index is 241. The molecule has 7 nitrogen and oxygen atoms in total. The van der Waals surface area contributed by atoms with E-state index in [1.54, 1.807) is 0 Å². The maximum absolute atomic E-state index is 10.3. The fourth-order valence-corrected chi connectivity index (χ4v) is 0.714. The third-order valence-corrected chi connectivity index (χ3v) is 1.29. The molecule has 0 fully saturated rings. The smallest absolute Gasteiger partial charge is 0.336 e. The number of aliphatic carboxylic acids is 3. The molecule has 0 aliphatic heterocycles. The molecule has 0 aliphatic carbocycles. The van der Waals surface area contributed by atoms with Gasteiger partial charge in [0.1, 0.15) is 0 Å². The number of carboxylic acid groups (broad SMARTS) is 3. The second kappa shape index (κ2) is 11.3. The van der Waals surface area contributed by atoms with E-state index < -0.39 is 36.4 Å². The summed E-state index contributed by atoms with van der Waals surface area (Å²) >= 11 is 0. The van der Waals surface area contributed by atoms with Gasteiger partial charge in [0.25, 0.3) is 0 Å². The molecule has 4 N–H and O–H groups in total. The standard InChI is InChI=1S/C6H8O7.2Na.Sn/c7-3(8)1-6(13,5(11)12)2-4(9)10;;;/h13H,1-2H2,(H,7,8)(H,9,10)(H,11,12);;;. The molecule has 16 heavy (non-hydrogen) atoms. The molecule has 80 valence electrons. The van der Waals surface area contributed by atoms with Crippen molar-refractivity contribution >= 4 is 101 Å². The van der Waals surface area contributed by atoms with Crippen molar-refractivity contribution in [2.24, 2.45) is 0 Å². The maximum atomic E-state index is 10.3. The van der Waals surface area contributed by atoms with E-state index in [1.165, 1.54) is 0 Å². The first-order chi connectivity index (χ1) is 5.78. The third-order valence-electron chi connectivity index (χ3n) is 1.29. The summed E-state index contributed by atoms with van der Waals surface area (Å²) in [4.78, 5) is 30.5. The first-order valence-corrected chi connectivity index (χ1v) is 3.17. The molecule has 0 amide bonds. The van der Waals surface area contributed by atoms with Gasteiger partial charge in [-0.1, -0.05) is 0 Å². The van der Waals surface area contributed by atoms with Gasteiger partial charge in [-0.15, -0.1) is 0 Å². The molecule has 0 aromatic carbocycles. The van der Waals surface area contributed by atoms with Crippen molar-refractivity contribution in [3.8, 4) is 0 Å². The van der Waals surface area contributed by atoms with Crippen molar-refractivity contribution in [1.29, 1.82) is 0 Å².